The number of carbonyl (C=O) groups excluding carboxylic acids is 1. The molecule has 0 saturated heterocycles. The van der Waals surface area contributed by atoms with E-state index < -0.39 is 11.8 Å². The molecule has 3 nitrogen and oxygen atoms in total. The molecule has 0 aliphatic heterocycles. The SMILES string of the molecule is CCC(=O)C(=O)O.[Ca+2].[H-].[H-]. The van der Waals surface area contributed by atoms with E-state index in [2.05, 4.69) is 0 Å². The number of carbonyl (C=O) groups is 2. The number of hydrogen-bond acceptors (Lipinski definition) is 2. The number of carboxylic acid groups (broad SMARTS) is 1. The molecule has 0 heterocycles. The van der Waals surface area contributed by atoms with Gasteiger partial charge < -0.3 is 7.96 Å². The predicted octanol–water partition coefficient (Wildman–Crippen LogP) is -0.106. The van der Waals surface area contributed by atoms with Gasteiger partial charge >= 0.3 is 43.7 Å². The van der Waals surface area contributed by atoms with Crippen LogP contribution in [0, 0.1) is 0 Å². The van der Waals surface area contributed by atoms with E-state index in [1.165, 1.54) is 6.92 Å². The van der Waals surface area contributed by atoms with Crippen molar-refractivity contribution in [2.45, 2.75) is 13.3 Å². The second-order valence-electron chi connectivity index (χ2n) is 1.08. The molecule has 1 N–H and O–H groups in total. The molecule has 0 aromatic carbocycles. The first-order chi connectivity index (χ1) is 3.18. The number of rotatable bonds is 2. The van der Waals surface area contributed by atoms with Crippen LogP contribution in [0.25, 0.3) is 0 Å². The van der Waals surface area contributed by atoms with Gasteiger partial charge in [0.25, 0.3) is 0 Å². The molecule has 0 aromatic heterocycles. The summed E-state index contributed by atoms with van der Waals surface area (Å²) in [6.45, 7) is 1.51. The van der Waals surface area contributed by atoms with Crippen LogP contribution < -0.4 is 0 Å². The van der Waals surface area contributed by atoms with Crippen molar-refractivity contribution in [3.63, 3.8) is 0 Å². The van der Waals surface area contributed by atoms with E-state index in [1.807, 2.05) is 0 Å². The quantitative estimate of drug-likeness (QED) is 0.434. The third-order valence-electron chi connectivity index (χ3n) is 0.560. The Morgan fingerprint density at radius 3 is 2.00 bits per heavy atom. The van der Waals surface area contributed by atoms with Crippen molar-refractivity contribution < 1.29 is 17.5 Å². The fraction of sp³-hybridized carbons (Fsp3) is 0.500. The summed E-state index contributed by atoms with van der Waals surface area (Å²) in [5, 5.41) is 7.83. The zero-order chi connectivity index (χ0) is 5.86. The normalized spacial score (nSPS) is 7.12. The standard InChI is InChI=1S/C4H6O3.Ca.2H/c1-2-3(5)4(6)7;;;/h2H2,1H3,(H,6,7);;;/q;+2;2*-1. The molecule has 44 valence electrons. The van der Waals surface area contributed by atoms with Crippen LogP contribution in [0.4, 0.5) is 0 Å². The summed E-state index contributed by atoms with van der Waals surface area (Å²) in [4.78, 5) is 19.5. The molecule has 0 bridgehead atoms. The first-order valence-corrected chi connectivity index (χ1v) is 1.94. The van der Waals surface area contributed by atoms with E-state index in [1.54, 1.807) is 0 Å². The largest absolute Gasteiger partial charge is 2.00 e. The van der Waals surface area contributed by atoms with Gasteiger partial charge in [0.05, 0.1) is 0 Å². The van der Waals surface area contributed by atoms with E-state index in [9.17, 15) is 9.59 Å². The fourth-order valence-electron chi connectivity index (χ4n) is 0.151. The third-order valence-corrected chi connectivity index (χ3v) is 0.560. The van der Waals surface area contributed by atoms with E-state index in [0.717, 1.165) is 0 Å². The van der Waals surface area contributed by atoms with Crippen LogP contribution in [0.3, 0.4) is 0 Å². The van der Waals surface area contributed by atoms with Gasteiger partial charge in [-0.25, -0.2) is 4.79 Å². The Kier molecular flexibility index (Phi) is 7.77. The van der Waals surface area contributed by atoms with Crippen LogP contribution in [-0.4, -0.2) is 54.6 Å². The first-order valence-electron chi connectivity index (χ1n) is 1.94. The summed E-state index contributed by atoms with van der Waals surface area (Å²) in [6, 6.07) is 0. The predicted molar refractivity (Wildman–Crippen MR) is 30.9 cm³/mol. The Balaban J connectivity index is -0.0000000600. The van der Waals surface area contributed by atoms with Crippen LogP contribution >= 0.6 is 0 Å². The summed E-state index contributed by atoms with van der Waals surface area (Å²) in [5.41, 5.74) is 0. The molecule has 0 atom stereocenters. The van der Waals surface area contributed by atoms with Crippen molar-refractivity contribution in [3.8, 4) is 0 Å². The monoisotopic (exact) mass is 144 g/mol. The molecular formula is C4H8CaO3. The van der Waals surface area contributed by atoms with Gasteiger partial charge in [-0.3, -0.25) is 4.79 Å². The average Bonchev–Trinajstić information content (AvgIpc) is 1.65. The van der Waals surface area contributed by atoms with Gasteiger partial charge in [-0.1, -0.05) is 6.92 Å². The van der Waals surface area contributed by atoms with Crippen LogP contribution in [0.2, 0.25) is 0 Å². The van der Waals surface area contributed by atoms with Gasteiger partial charge in [0.2, 0.25) is 5.78 Å². The molecule has 0 spiro atoms. The Labute approximate surface area is 80.0 Å². The first kappa shape index (κ1) is 11.2. The third kappa shape index (κ3) is 4.56. The van der Waals surface area contributed by atoms with Crippen molar-refractivity contribution in [3.05, 3.63) is 0 Å². The Morgan fingerprint density at radius 1 is 1.62 bits per heavy atom. The maximum atomic E-state index is 9.91. The Hall–Kier alpha value is 0.400. The molecule has 0 aliphatic rings. The second kappa shape index (κ2) is 5.53. The molecule has 0 fully saturated rings. The van der Waals surface area contributed by atoms with Crippen LogP contribution in [0.15, 0.2) is 0 Å². The van der Waals surface area contributed by atoms with Crippen molar-refractivity contribution in [2.24, 2.45) is 0 Å². The topological polar surface area (TPSA) is 54.4 Å². The molecule has 8 heavy (non-hydrogen) atoms. The van der Waals surface area contributed by atoms with E-state index in [4.69, 9.17) is 5.11 Å². The van der Waals surface area contributed by atoms with Crippen molar-refractivity contribution >= 4 is 49.5 Å². The maximum Gasteiger partial charge on any atom is 2.00 e. The molecule has 0 rings (SSSR count). The molecule has 0 aromatic rings. The maximum absolute atomic E-state index is 9.91. The minimum absolute atomic E-state index is 0. The van der Waals surface area contributed by atoms with Crippen molar-refractivity contribution in [2.75, 3.05) is 0 Å². The summed E-state index contributed by atoms with van der Waals surface area (Å²) in [5.74, 6) is -2.08. The van der Waals surface area contributed by atoms with Crippen LogP contribution in [0.1, 0.15) is 16.2 Å². The van der Waals surface area contributed by atoms with Crippen molar-refractivity contribution in [1.29, 1.82) is 0 Å². The van der Waals surface area contributed by atoms with Gasteiger partial charge in [0.15, 0.2) is 0 Å². The molecule has 0 amide bonds. The van der Waals surface area contributed by atoms with Gasteiger partial charge in [-0.05, 0) is 0 Å². The zero-order valence-corrected chi connectivity index (χ0v) is 6.89. The second-order valence-corrected chi connectivity index (χ2v) is 1.08. The summed E-state index contributed by atoms with van der Waals surface area (Å²) >= 11 is 0. The van der Waals surface area contributed by atoms with Gasteiger partial charge in [-0.15, -0.1) is 0 Å². The molecule has 0 aliphatic carbocycles. The van der Waals surface area contributed by atoms with Crippen LogP contribution in [-0.2, 0) is 9.59 Å². The number of Topliss-reactive ketones (excluding diaryl/α,β-unsaturated/α-hetero) is 1. The summed E-state index contributed by atoms with van der Waals surface area (Å²) in [7, 11) is 0. The minimum atomic E-state index is -1.34. The van der Waals surface area contributed by atoms with E-state index in [-0.39, 0.29) is 47.0 Å². The number of ketones is 1. The molecular weight excluding hydrogens is 136 g/mol. The molecule has 4 heteroatoms. The minimum Gasteiger partial charge on any atom is -1.00 e. The summed E-state index contributed by atoms with van der Waals surface area (Å²) < 4.78 is 0. The fourth-order valence-corrected chi connectivity index (χ4v) is 0.151. The Bertz CT molecular complexity index is 107. The number of carboxylic acids is 1. The van der Waals surface area contributed by atoms with Gasteiger partial charge in [-0.2, -0.15) is 0 Å². The van der Waals surface area contributed by atoms with E-state index >= 15 is 0 Å². The number of aliphatic carboxylic acids is 1. The molecule has 0 unspecified atom stereocenters. The Morgan fingerprint density at radius 2 is 2.00 bits per heavy atom. The molecule has 0 radical (unpaired) electrons. The van der Waals surface area contributed by atoms with Crippen molar-refractivity contribution in [1.82, 2.24) is 0 Å². The molecule has 0 saturated carbocycles. The number of hydrogen-bond donors (Lipinski definition) is 1. The zero-order valence-electron chi connectivity index (χ0n) is 6.68. The average molecular weight is 144 g/mol. The van der Waals surface area contributed by atoms with Gasteiger partial charge in [0, 0.05) is 6.42 Å². The van der Waals surface area contributed by atoms with Crippen LogP contribution in [0.5, 0.6) is 0 Å². The van der Waals surface area contributed by atoms with Gasteiger partial charge in [0.1, 0.15) is 0 Å². The smallest absolute Gasteiger partial charge is 1.00 e. The van der Waals surface area contributed by atoms with E-state index in [0.29, 0.717) is 0 Å². The summed E-state index contributed by atoms with van der Waals surface area (Å²) in [6.07, 6.45) is 0.0787.